The predicted octanol–water partition coefficient (Wildman–Crippen LogP) is 21.6. The van der Waals surface area contributed by atoms with Gasteiger partial charge in [-0.1, -0.05) is 359 Å². The smallest absolute Gasteiger partial charge is 0.249 e. The molecule has 0 radical (unpaired) electrons. The van der Waals surface area contributed by atoms with Crippen LogP contribution in [0.5, 0.6) is 0 Å². The number of hydrogen-bond donors (Lipinski definition) is 4. The molecule has 5 heteroatoms. The van der Waals surface area contributed by atoms with Gasteiger partial charge < -0.3 is 20.6 Å². The van der Waals surface area contributed by atoms with Gasteiger partial charge >= 0.3 is 0 Å². The zero-order chi connectivity index (χ0) is 52.9. The second-order valence-electron chi connectivity index (χ2n) is 23.4. The van der Waals surface area contributed by atoms with Gasteiger partial charge in [-0.15, -0.1) is 0 Å². The number of aliphatic hydroxyl groups excluding tert-OH is 3. The maximum atomic E-state index is 12.6. The SMILES string of the molecule is CCCCCCCCCCCCCCCCC/C=C\C/C=C\CCCCCCCCCCCCCCCCCCC(O)C(=O)NC(CO)C(O)CCCCCCCCCCCCCCCCCCCCCCC. The van der Waals surface area contributed by atoms with Crippen LogP contribution in [0.2, 0.25) is 0 Å². The quantitative estimate of drug-likeness (QED) is 0.0361. The van der Waals surface area contributed by atoms with Crippen molar-refractivity contribution in [1.82, 2.24) is 5.32 Å². The Hall–Kier alpha value is -1.17. The van der Waals surface area contributed by atoms with Crippen molar-refractivity contribution >= 4 is 5.91 Å². The Labute approximate surface area is 458 Å². The van der Waals surface area contributed by atoms with E-state index in [1.165, 1.54) is 315 Å². The number of carbonyl (C=O) groups excluding carboxylic acids is 1. The van der Waals surface area contributed by atoms with Gasteiger partial charge in [0.15, 0.2) is 0 Å². The molecule has 0 rings (SSSR count). The first-order valence-electron chi connectivity index (χ1n) is 33.6. The molecule has 0 aromatic heterocycles. The summed E-state index contributed by atoms with van der Waals surface area (Å²) in [5.74, 6) is -0.464. The average Bonchev–Trinajstić information content (AvgIpc) is 3.40. The molecule has 0 saturated heterocycles. The van der Waals surface area contributed by atoms with Crippen molar-refractivity contribution in [1.29, 1.82) is 0 Å². The van der Waals surface area contributed by atoms with Crippen LogP contribution >= 0.6 is 0 Å². The van der Waals surface area contributed by atoms with E-state index < -0.39 is 24.2 Å². The summed E-state index contributed by atoms with van der Waals surface area (Å²) >= 11 is 0. The molecule has 0 heterocycles. The first-order valence-corrected chi connectivity index (χ1v) is 33.6. The average molecular weight is 1030 g/mol. The number of nitrogens with one attached hydrogen (secondary N) is 1. The van der Waals surface area contributed by atoms with Crippen molar-refractivity contribution in [3.8, 4) is 0 Å². The van der Waals surface area contributed by atoms with Crippen molar-refractivity contribution in [2.75, 3.05) is 6.61 Å². The monoisotopic (exact) mass is 1030 g/mol. The van der Waals surface area contributed by atoms with E-state index in [1.807, 2.05) is 0 Å². The van der Waals surface area contributed by atoms with Crippen LogP contribution in [-0.4, -0.2) is 46.1 Å². The van der Waals surface area contributed by atoms with Crippen LogP contribution in [0.25, 0.3) is 0 Å². The molecule has 1 amide bonds. The summed E-state index contributed by atoms with van der Waals surface area (Å²) in [6.07, 6.45) is 82.8. The van der Waals surface area contributed by atoms with E-state index >= 15 is 0 Å². The molecule has 73 heavy (non-hydrogen) atoms. The van der Waals surface area contributed by atoms with Crippen molar-refractivity contribution in [3.63, 3.8) is 0 Å². The number of unbranched alkanes of at least 4 members (excludes halogenated alkanes) is 51. The van der Waals surface area contributed by atoms with Gasteiger partial charge in [0.05, 0.1) is 18.8 Å². The minimum absolute atomic E-state index is 0.310. The molecule has 0 spiro atoms. The Morgan fingerprint density at radius 2 is 0.562 bits per heavy atom. The maximum absolute atomic E-state index is 12.6. The summed E-state index contributed by atoms with van der Waals surface area (Å²) < 4.78 is 0. The van der Waals surface area contributed by atoms with Crippen molar-refractivity contribution in [3.05, 3.63) is 24.3 Å². The zero-order valence-corrected chi connectivity index (χ0v) is 49.8. The molecule has 0 saturated carbocycles. The summed E-state index contributed by atoms with van der Waals surface area (Å²) in [6.45, 7) is 4.28. The number of hydrogen-bond acceptors (Lipinski definition) is 4. The van der Waals surface area contributed by atoms with Crippen LogP contribution in [0.1, 0.15) is 380 Å². The standard InChI is InChI=1S/C68H133NO4/c1-3-5-7-9-11-13-15-17-19-21-23-25-26-27-28-29-30-31-32-33-34-35-36-37-38-39-40-41-43-45-47-49-51-53-55-57-59-61-63-67(72)68(73)69-65(64-70)66(71)62-60-58-56-54-52-50-48-46-44-42-24-22-20-18-16-14-12-10-8-6-4-2/h30-31,33-34,65-67,70-72H,3-29,32,35-64H2,1-2H3,(H,69,73)/b31-30-,34-33-. The minimum atomic E-state index is -1.07. The highest BCUT2D eigenvalue weighted by molar-refractivity contribution is 5.80. The summed E-state index contributed by atoms with van der Waals surface area (Å²) in [5, 5.41) is 33.7. The molecule has 3 unspecified atom stereocenters. The number of amides is 1. The molecular formula is C68H133NO4. The van der Waals surface area contributed by atoms with Crippen LogP contribution < -0.4 is 5.32 Å². The molecule has 434 valence electrons. The maximum Gasteiger partial charge on any atom is 0.249 e. The van der Waals surface area contributed by atoms with Crippen LogP contribution in [0.3, 0.4) is 0 Å². The first kappa shape index (κ1) is 71.8. The van der Waals surface area contributed by atoms with Gasteiger partial charge in [0, 0.05) is 0 Å². The van der Waals surface area contributed by atoms with E-state index in [1.54, 1.807) is 0 Å². The predicted molar refractivity (Wildman–Crippen MR) is 324 cm³/mol. The molecule has 0 aliphatic rings. The lowest BCUT2D eigenvalue weighted by atomic mass is 10.0. The zero-order valence-electron chi connectivity index (χ0n) is 49.8. The lowest BCUT2D eigenvalue weighted by molar-refractivity contribution is -0.131. The largest absolute Gasteiger partial charge is 0.394 e. The molecule has 0 aliphatic carbocycles. The Morgan fingerprint density at radius 1 is 0.329 bits per heavy atom. The number of aliphatic hydroxyl groups is 3. The molecule has 0 fully saturated rings. The van der Waals surface area contributed by atoms with Gasteiger partial charge in [-0.25, -0.2) is 0 Å². The summed E-state index contributed by atoms with van der Waals surface area (Å²) in [5.41, 5.74) is 0. The van der Waals surface area contributed by atoms with E-state index in [0.29, 0.717) is 12.8 Å². The number of carbonyl (C=O) groups is 1. The van der Waals surface area contributed by atoms with Crippen molar-refractivity contribution in [2.45, 2.75) is 398 Å². The van der Waals surface area contributed by atoms with Gasteiger partial charge in [-0.05, 0) is 44.9 Å². The van der Waals surface area contributed by atoms with E-state index in [9.17, 15) is 20.1 Å². The Balaban J connectivity index is 3.46. The molecule has 0 bridgehead atoms. The highest BCUT2D eigenvalue weighted by Gasteiger charge is 2.23. The molecule has 3 atom stereocenters. The molecule has 5 nitrogen and oxygen atoms in total. The summed E-state index contributed by atoms with van der Waals surface area (Å²) in [6, 6.07) is -0.712. The number of rotatable bonds is 63. The highest BCUT2D eigenvalue weighted by atomic mass is 16.3. The van der Waals surface area contributed by atoms with Crippen LogP contribution in [0.15, 0.2) is 24.3 Å². The van der Waals surface area contributed by atoms with Gasteiger partial charge in [0.2, 0.25) is 5.91 Å². The molecule has 0 aromatic rings. The molecule has 4 N–H and O–H groups in total. The van der Waals surface area contributed by atoms with Crippen LogP contribution in [0.4, 0.5) is 0 Å². The fraction of sp³-hybridized carbons (Fsp3) is 0.926. The van der Waals surface area contributed by atoms with E-state index in [0.717, 1.165) is 38.5 Å². The first-order chi connectivity index (χ1) is 36.1. The van der Waals surface area contributed by atoms with Gasteiger partial charge in [0.25, 0.3) is 0 Å². The molecular weight excluding hydrogens is 895 g/mol. The lowest BCUT2D eigenvalue weighted by Gasteiger charge is -2.23. The summed E-state index contributed by atoms with van der Waals surface area (Å²) in [7, 11) is 0. The highest BCUT2D eigenvalue weighted by Crippen LogP contribution is 2.19. The van der Waals surface area contributed by atoms with Crippen molar-refractivity contribution < 1.29 is 20.1 Å². The Bertz CT molecular complexity index is 1090. The fourth-order valence-corrected chi connectivity index (χ4v) is 10.9. The van der Waals surface area contributed by atoms with Gasteiger partial charge in [0.1, 0.15) is 6.10 Å². The normalized spacial score (nSPS) is 13.2. The second kappa shape index (κ2) is 63.4. The third kappa shape index (κ3) is 58.4. The van der Waals surface area contributed by atoms with Gasteiger partial charge in [-0.2, -0.15) is 0 Å². The fourth-order valence-electron chi connectivity index (χ4n) is 10.9. The van der Waals surface area contributed by atoms with Crippen LogP contribution in [-0.2, 0) is 4.79 Å². The molecule has 0 aliphatic heterocycles. The lowest BCUT2D eigenvalue weighted by Crippen LogP contribution is -2.49. The molecule has 0 aromatic carbocycles. The third-order valence-electron chi connectivity index (χ3n) is 16.1. The van der Waals surface area contributed by atoms with Crippen LogP contribution in [0, 0.1) is 0 Å². The minimum Gasteiger partial charge on any atom is -0.394 e. The Morgan fingerprint density at radius 3 is 0.822 bits per heavy atom. The van der Waals surface area contributed by atoms with Crippen molar-refractivity contribution in [2.24, 2.45) is 0 Å². The number of allylic oxidation sites excluding steroid dienone is 4. The van der Waals surface area contributed by atoms with Gasteiger partial charge in [-0.3, -0.25) is 4.79 Å². The summed E-state index contributed by atoms with van der Waals surface area (Å²) in [4.78, 5) is 12.6. The Kier molecular flexibility index (Phi) is 62.3. The van der Waals surface area contributed by atoms with E-state index in [4.69, 9.17) is 0 Å². The van der Waals surface area contributed by atoms with E-state index in [-0.39, 0.29) is 6.61 Å². The van der Waals surface area contributed by atoms with E-state index in [2.05, 4.69) is 43.5 Å². The topological polar surface area (TPSA) is 89.8 Å². The third-order valence-corrected chi connectivity index (χ3v) is 16.1. The second-order valence-corrected chi connectivity index (χ2v) is 23.4.